The first-order valence-electron chi connectivity index (χ1n) is 6.77. The molecule has 2 aromatic carbocycles. The van der Waals surface area contributed by atoms with Crippen molar-refractivity contribution in [2.24, 2.45) is 5.92 Å². The fourth-order valence-corrected chi connectivity index (χ4v) is 2.07. The van der Waals surface area contributed by atoms with Crippen molar-refractivity contribution in [2.75, 3.05) is 13.2 Å². The maximum Gasteiger partial charge on any atom is 0.122 e. The van der Waals surface area contributed by atoms with Gasteiger partial charge in [-0.1, -0.05) is 36.4 Å². The first-order valence-corrected chi connectivity index (χ1v) is 6.77. The van der Waals surface area contributed by atoms with Crippen LogP contribution >= 0.6 is 0 Å². The first-order chi connectivity index (χ1) is 9.70. The van der Waals surface area contributed by atoms with Gasteiger partial charge in [0.1, 0.15) is 11.5 Å². The van der Waals surface area contributed by atoms with E-state index in [0.29, 0.717) is 12.4 Å². The molecule has 0 amide bonds. The minimum Gasteiger partial charge on any atom is -0.508 e. The average molecular weight is 272 g/mol. The number of aryl methyl sites for hydroxylation is 1. The number of aliphatic hydroxyl groups excluding tert-OH is 1. The van der Waals surface area contributed by atoms with E-state index in [1.54, 1.807) is 6.07 Å². The minimum absolute atomic E-state index is 0.217. The Bertz CT molecular complexity index is 530. The maximum atomic E-state index is 8.94. The summed E-state index contributed by atoms with van der Waals surface area (Å²) in [6, 6.07) is 15.3. The van der Waals surface area contributed by atoms with Crippen LogP contribution in [0.15, 0.2) is 48.5 Å². The number of para-hydroxylation sites is 2. The minimum atomic E-state index is 0.217. The summed E-state index contributed by atoms with van der Waals surface area (Å²) in [6.45, 7) is 2.73. The Morgan fingerprint density at radius 2 is 1.80 bits per heavy atom. The molecular weight excluding hydrogens is 252 g/mol. The van der Waals surface area contributed by atoms with E-state index < -0.39 is 0 Å². The predicted octanol–water partition coefficient (Wildman–Crippen LogP) is 2.93. The number of ether oxygens (including phenoxy) is 1. The number of aromatic hydroxyl groups is 1. The maximum absolute atomic E-state index is 8.94. The van der Waals surface area contributed by atoms with Gasteiger partial charge in [-0.15, -0.1) is 0 Å². The highest BCUT2D eigenvalue weighted by atomic mass is 16.5. The lowest BCUT2D eigenvalue weighted by Crippen LogP contribution is -2.23. The summed E-state index contributed by atoms with van der Waals surface area (Å²) in [5.74, 6) is 1.62. The van der Waals surface area contributed by atoms with Crippen LogP contribution in [-0.4, -0.2) is 23.4 Å². The zero-order valence-corrected chi connectivity index (χ0v) is 11.6. The van der Waals surface area contributed by atoms with Crippen LogP contribution in [-0.2, 0) is 6.42 Å². The van der Waals surface area contributed by atoms with Crippen LogP contribution < -0.4 is 4.74 Å². The van der Waals surface area contributed by atoms with Crippen LogP contribution in [0.2, 0.25) is 0 Å². The molecule has 0 bridgehead atoms. The third kappa shape index (κ3) is 3.75. The molecule has 1 aliphatic rings. The van der Waals surface area contributed by atoms with Crippen molar-refractivity contribution in [2.45, 2.75) is 13.3 Å². The third-order valence-corrected chi connectivity index (χ3v) is 3.33. The highest BCUT2D eigenvalue weighted by molar-refractivity contribution is 5.35. The Morgan fingerprint density at radius 3 is 2.45 bits per heavy atom. The van der Waals surface area contributed by atoms with Gasteiger partial charge >= 0.3 is 0 Å². The lowest BCUT2D eigenvalue weighted by Gasteiger charge is -2.23. The van der Waals surface area contributed by atoms with E-state index in [9.17, 15) is 0 Å². The SMILES string of the molecule is Cc1ccccc1O.OC[C@@H]1COc2ccccc2C1. The molecule has 0 spiro atoms. The van der Waals surface area contributed by atoms with E-state index in [0.717, 1.165) is 17.7 Å². The molecule has 1 aliphatic heterocycles. The van der Waals surface area contributed by atoms with Crippen molar-refractivity contribution in [3.63, 3.8) is 0 Å². The zero-order chi connectivity index (χ0) is 14.4. The van der Waals surface area contributed by atoms with E-state index in [1.807, 2.05) is 43.3 Å². The molecule has 0 fully saturated rings. The summed E-state index contributed by atoms with van der Waals surface area (Å²) in [5.41, 5.74) is 2.13. The standard InChI is InChI=1S/C10H12O2.C7H8O/c11-6-8-5-9-3-1-2-4-10(9)12-7-8;1-6-4-2-3-5-7(6)8/h1-4,8,11H,5-7H2;2-5,8H,1H3/t8-;/m1./s1. The lowest BCUT2D eigenvalue weighted by molar-refractivity contribution is 0.147. The van der Waals surface area contributed by atoms with Gasteiger partial charge in [-0.25, -0.2) is 0 Å². The van der Waals surface area contributed by atoms with Crippen LogP contribution in [0.3, 0.4) is 0 Å². The van der Waals surface area contributed by atoms with Crippen molar-refractivity contribution in [3.8, 4) is 11.5 Å². The van der Waals surface area contributed by atoms with Gasteiger partial charge in [-0.3, -0.25) is 0 Å². The summed E-state index contributed by atoms with van der Waals surface area (Å²) < 4.78 is 5.47. The summed E-state index contributed by atoms with van der Waals surface area (Å²) in [5, 5.41) is 17.9. The number of phenols is 1. The number of fused-ring (bicyclic) bond motifs is 1. The van der Waals surface area contributed by atoms with Gasteiger partial charge in [-0.2, -0.15) is 0 Å². The van der Waals surface area contributed by atoms with Crippen LogP contribution in [0.1, 0.15) is 11.1 Å². The molecule has 0 saturated heterocycles. The Hall–Kier alpha value is -2.00. The molecule has 3 rings (SSSR count). The molecule has 2 N–H and O–H groups in total. The van der Waals surface area contributed by atoms with Gasteiger partial charge < -0.3 is 14.9 Å². The number of aliphatic hydroxyl groups is 1. The fourth-order valence-electron chi connectivity index (χ4n) is 2.07. The molecule has 0 unspecified atom stereocenters. The van der Waals surface area contributed by atoms with E-state index in [4.69, 9.17) is 14.9 Å². The smallest absolute Gasteiger partial charge is 0.122 e. The van der Waals surface area contributed by atoms with Gasteiger partial charge in [0, 0.05) is 12.5 Å². The highest BCUT2D eigenvalue weighted by Crippen LogP contribution is 2.26. The fraction of sp³-hybridized carbons (Fsp3) is 0.294. The van der Waals surface area contributed by atoms with Gasteiger partial charge in [0.15, 0.2) is 0 Å². The largest absolute Gasteiger partial charge is 0.508 e. The second-order valence-electron chi connectivity index (χ2n) is 4.96. The first kappa shape index (κ1) is 14.4. The lowest BCUT2D eigenvalue weighted by atomic mass is 9.98. The second-order valence-corrected chi connectivity index (χ2v) is 4.96. The molecule has 1 heterocycles. The number of rotatable bonds is 1. The molecule has 1 atom stereocenters. The Labute approximate surface area is 119 Å². The molecule has 0 radical (unpaired) electrons. The van der Waals surface area contributed by atoms with E-state index >= 15 is 0 Å². The molecule has 3 nitrogen and oxygen atoms in total. The van der Waals surface area contributed by atoms with E-state index in [-0.39, 0.29) is 12.5 Å². The molecule has 0 saturated carbocycles. The van der Waals surface area contributed by atoms with Crippen LogP contribution in [0.25, 0.3) is 0 Å². The molecule has 3 heteroatoms. The monoisotopic (exact) mass is 272 g/mol. The highest BCUT2D eigenvalue weighted by Gasteiger charge is 2.17. The quantitative estimate of drug-likeness (QED) is 0.839. The average Bonchev–Trinajstić information content (AvgIpc) is 2.50. The van der Waals surface area contributed by atoms with Gasteiger partial charge in [-0.05, 0) is 36.6 Å². The van der Waals surface area contributed by atoms with Crippen molar-refractivity contribution < 1.29 is 14.9 Å². The van der Waals surface area contributed by atoms with Crippen molar-refractivity contribution >= 4 is 0 Å². The Kier molecular flexibility index (Phi) is 5.02. The Balaban J connectivity index is 0.000000160. The molecule has 106 valence electrons. The topological polar surface area (TPSA) is 49.7 Å². The van der Waals surface area contributed by atoms with Gasteiger partial charge in [0.05, 0.1) is 6.61 Å². The number of phenolic OH excluding ortho intramolecular Hbond substituents is 1. The molecule has 20 heavy (non-hydrogen) atoms. The van der Waals surface area contributed by atoms with E-state index in [1.165, 1.54) is 5.56 Å². The summed E-state index contributed by atoms with van der Waals surface area (Å²) in [4.78, 5) is 0. The number of hydrogen-bond donors (Lipinski definition) is 2. The van der Waals surface area contributed by atoms with E-state index in [2.05, 4.69) is 6.07 Å². The van der Waals surface area contributed by atoms with Gasteiger partial charge in [0.25, 0.3) is 0 Å². The summed E-state index contributed by atoms with van der Waals surface area (Å²) in [7, 11) is 0. The summed E-state index contributed by atoms with van der Waals surface area (Å²) >= 11 is 0. The van der Waals surface area contributed by atoms with Crippen molar-refractivity contribution in [1.29, 1.82) is 0 Å². The van der Waals surface area contributed by atoms with Gasteiger partial charge in [0.2, 0.25) is 0 Å². The predicted molar refractivity (Wildman–Crippen MR) is 79.1 cm³/mol. The molecule has 0 aromatic heterocycles. The molecular formula is C17H20O3. The second kappa shape index (κ2) is 6.96. The Morgan fingerprint density at radius 1 is 1.10 bits per heavy atom. The van der Waals surface area contributed by atoms with Crippen LogP contribution in [0.4, 0.5) is 0 Å². The normalized spacial score (nSPS) is 16.4. The van der Waals surface area contributed by atoms with Crippen molar-refractivity contribution in [3.05, 3.63) is 59.7 Å². The number of hydrogen-bond acceptors (Lipinski definition) is 3. The van der Waals surface area contributed by atoms with Crippen LogP contribution in [0, 0.1) is 12.8 Å². The zero-order valence-electron chi connectivity index (χ0n) is 11.6. The molecule has 2 aromatic rings. The van der Waals surface area contributed by atoms with Crippen LogP contribution in [0.5, 0.6) is 11.5 Å². The molecule has 0 aliphatic carbocycles. The van der Waals surface area contributed by atoms with Crippen molar-refractivity contribution in [1.82, 2.24) is 0 Å². The third-order valence-electron chi connectivity index (χ3n) is 3.33. The number of benzene rings is 2. The summed E-state index contributed by atoms with van der Waals surface area (Å²) in [6.07, 6.45) is 0.937.